The van der Waals surface area contributed by atoms with Crippen molar-refractivity contribution in [1.82, 2.24) is 0 Å². The van der Waals surface area contributed by atoms with Crippen LogP contribution in [0.4, 0.5) is 8.78 Å². The molecule has 4 aromatic carbocycles. The molecule has 0 unspecified atom stereocenters. The van der Waals surface area contributed by atoms with Crippen molar-refractivity contribution in [3.05, 3.63) is 153 Å². The summed E-state index contributed by atoms with van der Waals surface area (Å²) >= 11 is 0. The van der Waals surface area contributed by atoms with Crippen LogP contribution < -0.4 is 0 Å². The molecule has 0 radical (unpaired) electrons. The Morgan fingerprint density at radius 2 is 0.795 bits per heavy atom. The topological polar surface area (TPSA) is 24.7 Å². The van der Waals surface area contributed by atoms with E-state index in [9.17, 15) is 8.78 Å². The summed E-state index contributed by atoms with van der Waals surface area (Å²) in [6, 6.07) is 30.6. The van der Waals surface area contributed by atoms with Crippen LogP contribution >= 0.6 is 0 Å². The molecule has 0 saturated carbocycles. The van der Waals surface area contributed by atoms with Crippen LogP contribution in [0.2, 0.25) is 0 Å². The first-order valence-corrected chi connectivity index (χ1v) is 15.6. The van der Waals surface area contributed by atoms with Crippen LogP contribution in [0, 0.1) is 23.5 Å². The standard InChI is InChI=1S/C40H38F2N2/c1-25(2)21-27-5-9-31(10-6-27)37-23-35(29-13-17-33(41)18-14-29)39(43-37)40-36(30-15-19-34(42)20-16-30)24-38(44-40)32-11-7-28(8-12-32)22-26(3)4/h5-20,25-26H,21-24H2,1-4H3. The fourth-order valence-electron chi connectivity index (χ4n) is 6.10. The molecule has 0 fully saturated rings. The summed E-state index contributed by atoms with van der Waals surface area (Å²) in [7, 11) is 0. The Kier molecular flexibility index (Phi) is 8.52. The first-order chi connectivity index (χ1) is 21.2. The smallest absolute Gasteiger partial charge is 0.123 e. The van der Waals surface area contributed by atoms with Gasteiger partial charge in [-0.1, -0.05) is 100 Å². The molecule has 0 atom stereocenters. The lowest BCUT2D eigenvalue weighted by molar-refractivity contribution is 0.627. The summed E-state index contributed by atoms with van der Waals surface area (Å²) in [5, 5.41) is 0. The fourth-order valence-corrected chi connectivity index (χ4v) is 6.10. The molecule has 0 aliphatic carbocycles. The molecule has 0 aromatic heterocycles. The second-order valence-corrected chi connectivity index (χ2v) is 12.7. The van der Waals surface area contributed by atoms with E-state index in [-0.39, 0.29) is 11.6 Å². The molecule has 2 nitrogen and oxygen atoms in total. The molecular weight excluding hydrogens is 546 g/mol. The Morgan fingerprint density at radius 1 is 0.477 bits per heavy atom. The quantitative estimate of drug-likeness (QED) is 0.187. The molecule has 0 spiro atoms. The number of hydrogen-bond acceptors (Lipinski definition) is 2. The molecule has 4 aromatic rings. The summed E-state index contributed by atoms with van der Waals surface area (Å²) in [4.78, 5) is 10.5. The van der Waals surface area contributed by atoms with Crippen molar-refractivity contribution >= 4 is 22.6 Å². The van der Waals surface area contributed by atoms with Gasteiger partial charge < -0.3 is 0 Å². The average molecular weight is 585 g/mol. The zero-order valence-corrected chi connectivity index (χ0v) is 25.9. The van der Waals surface area contributed by atoms with Crippen molar-refractivity contribution in [1.29, 1.82) is 0 Å². The highest BCUT2D eigenvalue weighted by Gasteiger charge is 2.29. The molecule has 2 aliphatic heterocycles. The molecule has 6 rings (SSSR count). The Bertz CT molecular complexity index is 1630. The Labute approximate surface area is 259 Å². The molecule has 222 valence electrons. The number of aliphatic imine (C=N–C) groups is 2. The van der Waals surface area contributed by atoms with Crippen molar-refractivity contribution in [2.75, 3.05) is 0 Å². The maximum Gasteiger partial charge on any atom is 0.123 e. The van der Waals surface area contributed by atoms with Crippen molar-refractivity contribution in [3.8, 4) is 0 Å². The third-order valence-corrected chi connectivity index (χ3v) is 8.23. The van der Waals surface area contributed by atoms with Crippen LogP contribution in [0.25, 0.3) is 11.1 Å². The summed E-state index contributed by atoms with van der Waals surface area (Å²) in [5.74, 6) is 0.620. The molecule has 0 amide bonds. The van der Waals surface area contributed by atoms with Gasteiger partial charge in [-0.15, -0.1) is 0 Å². The minimum atomic E-state index is -0.274. The maximum atomic E-state index is 14.0. The van der Waals surface area contributed by atoms with Gasteiger partial charge in [-0.25, -0.2) is 18.8 Å². The lowest BCUT2D eigenvalue weighted by Gasteiger charge is -2.09. The van der Waals surface area contributed by atoms with E-state index in [1.165, 1.54) is 35.4 Å². The van der Waals surface area contributed by atoms with Gasteiger partial charge in [0.05, 0.1) is 22.8 Å². The molecule has 4 heteroatoms. The van der Waals surface area contributed by atoms with E-state index in [0.717, 1.165) is 69.1 Å². The van der Waals surface area contributed by atoms with Gasteiger partial charge in [0.2, 0.25) is 0 Å². The number of nitrogens with zero attached hydrogens (tertiary/aromatic N) is 2. The van der Waals surface area contributed by atoms with Gasteiger partial charge in [0, 0.05) is 12.8 Å². The number of halogens is 2. The van der Waals surface area contributed by atoms with Gasteiger partial charge in [-0.3, -0.25) is 0 Å². The number of hydrogen-bond donors (Lipinski definition) is 0. The Balaban J connectivity index is 1.46. The van der Waals surface area contributed by atoms with E-state index >= 15 is 0 Å². The third-order valence-electron chi connectivity index (χ3n) is 8.23. The van der Waals surface area contributed by atoms with Crippen LogP contribution in [-0.4, -0.2) is 11.4 Å². The third kappa shape index (κ3) is 6.55. The van der Waals surface area contributed by atoms with E-state index in [1.807, 2.05) is 24.3 Å². The van der Waals surface area contributed by atoms with Crippen LogP contribution in [0.3, 0.4) is 0 Å². The Hall–Kier alpha value is -4.44. The summed E-state index contributed by atoms with van der Waals surface area (Å²) < 4.78 is 28.0. The van der Waals surface area contributed by atoms with Gasteiger partial charge in [0.25, 0.3) is 0 Å². The predicted octanol–water partition coefficient (Wildman–Crippen LogP) is 10.3. The van der Waals surface area contributed by atoms with Crippen LogP contribution in [-0.2, 0) is 12.8 Å². The van der Waals surface area contributed by atoms with Crippen molar-refractivity contribution < 1.29 is 8.78 Å². The molecular formula is C40H38F2N2. The van der Waals surface area contributed by atoms with Gasteiger partial charge in [-0.2, -0.15) is 0 Å². The molecule has 0 N–H and O–H groups in total. The molecule has 0 saturated heterocycles. The highest BCUT2D eigenvalue weighted by molar-refractivity contribution is 6.14. The predicted molar refractivity (Wildman–Crippen MR) is 179 cm³/mol. The first-order valence-electron chi connectivity index (χ1n) is 15.6. The molecule has 2 aliphatic rings. The minimum absolute atomic E-state index is 0.274. The van der Waals surface area contributed by atoms with Crippen LogP contribution in [0.5, 0.6) is 0 Å². The van der Waals surface area contributed by atoms with Gasteiger partial charge in [0.15, 0.2) is 0 Å². The largest absolute Gasteiger partial charge is 0.250 e. The minimum Gasteiger partial charge on any atom is -0.250 e. The summed E-state index contributed by atoms with van der Waals surface area (Å²) in [6.07, 6.45) is 3.28. The Morgan fingerprint density at radius 3 is 1.11 bits per heavy atom. The monoisotopic (exact) mass is 584 g/mol. The van der Waals surface area contributed by atoms with Gasteiger partial charge >= 0.3 is 0 Å². The van der Waals surface area contributed by atoms with Gasteiger partial charge in [0.1, 0.15) is 11.6 Å². The van der Waals surface area contributed by atoms with Crippen LogP contribution in [0.1, 0.15) is 73.9 Å². The SMILES string of the molecule is CC(C)Cc1ccc(C2=NC(C3=C(c4ccc(F)cc4)CC(c4ccc(CC(C)C)cc4)=N3)=C(c3ccc(F)cc3)C2)cc1. The second-order valence-electron chi connectivity index (χ2n) is 12.7. The molecule has 44 heavy (non-hydrogen) atoms. The van der Waals surface area contributed by atoms with Crippen molar-refractivity contribution in [2.45, 2.75) is 53.4 Å². The van der Waals surface area contributed by atoms with Crippen molar-refractivity contribution in [2.24, 2.45) is 21.8 Å². The number of benzene rings is 4. The highest BCUT2D eigenvalue weighted by Crippen LogP contribution is 2.43. The van der Waals surface area contributed by atoms with E-state index in [0.29, 0.717) is 24.7 Å². The lowest BCUT2D eigenvalue weighted by atomic mass is 9.93. The lowest BCUT2D eigenvalue weighted by Crippen LogP contribution is -2.00. The number of allylic oxidation sites excluding steroid dienone is 2. The highest BCUT2D eigenvalue weighted by atomic mass is 19.1. The van der Waals surface area contributed by atoms with E-state index in [2.05, 4.69) is 76.2 Å². The first kappa shape index (κ1) is 29.6. The second kappa shape index (κ2) is 12.7. The van der Waals surface area contributed by atoms with E-state index in [4.69, 9.17) is 9.98 Å². The normalized spacial score (nSPS) is 15.1. The average Bonchev–Trinajstić information content (AvgIpc) is 3.64. The van der Waals surface area contributed by atoms with Crippen LogP contribution in [0.15, 0.2) is 118 Å². The maximum absolute atomic E-state index is 14.0. The van der Waals surface area contributed by atoms with Gasteiger partial charge in [-0.05, 0) is 93.5 Å². The number of rotatable bonds is 9. The van der Waals surface area contributed by atoms with E-state index < -0.39 is 0 Å². The zero-order valence-electron chi connectivity index (χ0n) is 25.9. The summed E-state index contributed by atoms with van der Waals surface area (Å²) in [6.45, 7) is 8.90. The zero-order chi connectivity index (χ0) is 30.8. The van der Waals surface area contributed by atoms with E-state index in [1.54, 1.807) is 0 Å². The molecule has 2 heterocycles. The molecule has 0 bridgehead atoms. The fraction of sp³-hybridized carbons (Fsp3) is 0.250. The van der Waals surface area contributed by atoms with Crippen molar-refractivity contribution in [3.63, 3.8) is 0 Å². The summed E-state index contributed by atoms with van der Waals surface area (Å²) in [5.41, 5.74) is 12.1.